The number of nitrogens with zero attached hydrogens (tertiary/aromatic N) is 1. The van der Waals surface area contributed by atoms with Gasteiger partial charge >= 0.3 is 0 Å². The van der Waals surface area contributed by atoms with E-state index in [-0.39, 0.29) is 11.6 Å². The van der Waals surface area contributed by atoms with Crippen molar-refractivity contribution in [1.29, 1.82) is 0 Å². The van der Waals surface area contributed by atoms with Gasteiger partial charge in [0.25, 0.3) is 5.69 Å². The summed E-state index contributed by atoms with van der Waals surface area (Å²) in [4.78, 5) is 23.2. The van der Waals surface area contributed by atoms with Gasteiger partial charge < -0.3 is 5.32 Å². The molecule has 5 nitrogen and oxygen atoms in total. The molecule has 132 valence electrons. The molecule has 1 N–H and O–H groups in total. The van der Waals surface area contributed by atoms with E-state index >= 15 is 0 Å². The summed E-state index contributed by atoms with van der Waals surface area (Å²) >= 11 is 8.92. The average Bonchev–Trinajstić information content (AvgIpc) is 2.60. The number of carbonyl (C=O) groups excluding carboxylic acids is 1. The van der Waals surface area contributed by atoms with Crippen LogP contribution >= 0.6 is 35.1 Å². The molecule has 0 aliphatic heterocycles. The van der Waals surface area contributed by atoms with E-state index in [1.807, 2.05) is 30.3 Å². The van der Waals surface area contributed by atoms with Gasteiger partial charge in [-0.25, -0.2) is 0 Å². The number of nitro benzene ring substituents is 1. The number of hydrogen-bond donors (Lipinski definition) is 1. The maximum absolute atomic E-state index is 11.8. The van der Waals surface area contributed by atoms with Gasteiger partial charge in [0.2, 0.25) is 5.91 Å². The van der Waals surface area contributed by atoms with Crippen LogP contribution in [0.3, 0.4) is 0 Å². The standard InChI is InChI=1S/C17H17ClN2O3S2/c18-14-4-6-16(7-5-14)25-9-8-19-17(21)12-24-11-13-2-1-3-15(10-13)20(22)23/h1-7,10H,8-9,11-12H2,(H,19,21). The van der Waals surface area contributed by atoms with Crippen molar-refractivity contribution in [3.63, 3.8) is 0 Å². The summed E-state index contributed by atoms with van der Waals surface area (Å²) in [6.07, 6.45) is 0. The molecular formula is C17H17ClN2O3S2. The van der Waals surface area contributed by atoms with Gasteiger partial charge in [-0.2, -0.15) is 0 Å². The van der Waals surface area contributed by atoms with E-state index in [4.69, 9.17) is 11.6 Å². The SMILES string of the molecule is O=C(CSCc1cccc([N+](=O)[O-])c1)NCCSc1ccc(Cl)cc1. The highest BCUT2D eigenvalue weighted by Crippen LogP contribution is 2.20. The molecule has 0 fully saturated rings. The first-order valence-electron chi connectivity index (χ1n) is 7.51. The summed E-state index contributed by atoms with van der Waals surface area (Å²) in [6.45, 7) is 0.587. The average molecular weight is 397 g/mol. The molecule has 0 atom stereocenters. The number of rotatable bonds is 9. The van der Waals surface area contributed by atoms with Gasteiger partial charge in [-0.05, 0) is 29.8 Å². The number of carbonyl (C=O) groups is 1. The fourth-order valence-electron chi connectivity index (χ4n) is 1.96. The van der Waals surface area contributed by atoms with E-state index in [0.717, 1.165) is 16.2 Å². The highest BCUT2D eigenvalue weighted by molar-refractivity contribution is 7.99. The Bertz CT molecular complexity index is 726. The lowest BCUT2D eigenvalue weighted by atomic mass is 10.2. The van der Waals surface area contributed by atoms with Crippen LogP contribution in [0.1, 0.15) is 5.56 Å². The van der Waals surface area contributed by atoms with Gasteiger partial charge in [0, 0.05) is 40.1 Å². The van der Waals surface area contributed by atoms with Crippen LogP contribution in [0.25, 0.3) is 0 Å². The smallest absolute Gasteiger partial charge is 0.269 e. The summed E-state index contributed by atoms with van der Waals surface area (Å²) in [5.74, 6) is 1.64. The fraction of sp³-hybridized carbons (Fsp3) is 0.235. The largest absolute Gasteiger partial charge is 0.355 e. The first kappa shape index (κ1) is 19.6. The molecule has 2 aromatic carbocycles. The number of thioether (sulfide) groups is 2. The summed E-state index contributed by atoms with van der Waals surface area (Å²) < 4.78 is 0. The normalized spacial score (nSPS) is 10.4. The molecule has 0 saturated carbocycles. The number of amides is 1. The Balaban J connectivity index is 1.61. The topological polar surface area (TPSA) is 72.2 Å². The molecule has 0 aliphatic carbocycles. The first-order valence-corrected chi connectivity index (χ1v) is 10.0. The molecule has 0 bridgehead atoms. The van der Waals surface area contributed by atoms with Gasteiger partial charge in [-0.1, -0.05) is 23.7 Å². The second-order valence-electron chi connectivity index (χ2n) is 5.07. The molecule has 0 heterocycles. The predicted molar refractivity (Wildman–Crippen MR) is 104 cm³/mol. The molecule has 0 unspecified atom stereocenters. The second-order valence-corrected chi connectivity index (χ2v) is 7.66. The van der Waals surface area contributed by atoms with Crippen LogP contribution in [0.15, 0.2) is 53.4 Å². The number of benzene rings is 2. The summed E-state index contributed by atoms with van der Waals surface area (Å²) in [5, 5.41) is 14.3. The number of nitro groups is 1. The first-order chi connectivity index (χ1) is 12.0. The van der Waals surface area contributed by atoms with Gasteiger partial charge in [0.15, 0.2) is 0 Å². The Labute approximate surface area is 159 Å². The third kappa shape index (κ3) is 7.37. The van der Waals surface area contributed by atoms with Crippen LogP contribution in [0, 0.1) is 10.1 Å². The zero-order valence-electron chi connectivity index (χ0n) is 13.3. The van der Waals surface area contributed by atoms with E-state index in [2.05, 4.69) is 5.32 Å². The molecule has 8 heteroatoms. The Kier molecular flexibility index (Phi) is 8.11. The maximum Gasteiger partial charge on any atom is 0.269 e. The van der Waals surface area contributed by atoms with Gasteiger partial charge in [0.1, 0.15) is 0 Å². The number of non-ortho nitro benzene ring substituents is 1. The van der Waals surface area contributed by atoms with E-state index in [1.165, 1.54) is 23.9 Å². The van der Waals surface area contributed by atoms with E-state index in [9.17, 15) is 14.9 Å². The van der Waals surface area contributed by atoms with Crippen LogP contribution < -0.4 is 5.32 Å². The van der Waals surface area contributed by atoms with Crippen LogP contribution in [-0.2, 0) is 10.5 Å². The van der Waals surface area contributed by atoms with Gasteiger partial charge in [0.05, 0.1) is 10.7 Å². The van der Waals surface area contributed by atoms with Crippen molar-refractivity contribution in [3.8, 4) is 0 Å². The van der Waals surface area contributed by atoms with Crippen LogP contribution in [0.2, 0.25) is 5.02 Å². The predicted octanol–water partition coefficient (Wildman–Crippen LogP) is 4.39. The highest BCUT2D eigenvalue weighted by atomic mass is 35.5. The molecule has 2 aromatic rings. The minimum Gasteiger partial charge on any atom is -0.355 e. The zero-order chi connectivity index (χ0) is 18.1. The van der Waals surface area contributed by atoms with Gasteiger partial charge in [-0.3, -0.25) is 14.9 Å². The van der Waals surface area contributed by atoms with E-state index < -0.39 is 4.92 Å². The van der Waals surface area contributed by atoms with Crippen molar-refractivity contribution in [1.82, 2.24) is 5.32 Å². The van der Waals surface area contributed by atoms with Gasteiger partial charge in [-0.15, -0.1) is 23.5 Å². The van der Waals surface area contributed by atoms with Crippen molar-refractivity contribution in [3.05, 3.63) is 69.2 Å². The monoisotopic (exact) mass is 396 g/mol. The molecule has 0 spiro atoms. The lowest BCUT2D eigenvalue weighted by Crippen LogP contribution is -2.27. The number of nitrogens with one attached hydrogen (secondary N) is 1. The van der Waals surface area contributed by atoms with E-state index in [1.54, 1.807) is 17.8 Å². The molecule has 0 saturated heterocycles. The minimum absolute atomic E-state index is 0.0351. The molecule has 0 aromatic heterocycles. The fourth-order valence-corrected chi connectivity index (χ4v) is 3.66. The molecule has 1 amide bonds. The Morgan fingerprint density at radius 3 is 2.68 bits per heavy atom. The van der Waals surface area contributed by atoms with Crippen LogP contribution in [0.5, 0.6) is 0 Å². The second kappa shape index (κ2) is 10.3. The molecule has 0 aliphatic rings. The summed E-state index contributed by atoms with van der Waals surface area (Å²) in [6, 6.07) is 14.0. The van der Waals surface area contributed by atoms with Crippen molar-refractivity contribution in [2.75, 3.05) is 18.1 Å². The third-order valence-corrected chi connectivity index (χ3v) is 5.40. The van der Waals surface area contributed by atoms with Crippen molar-refractivity contribution >= 4 is 46.7 Å². The molecular weight excluding hydrogens is 380 g/mol. The van der Waals surface area contributed by atoms with Crippen molar-refractivity contribution in [2.45, 2.75) is 10.6 Å². The maximum atomic E-state index is 11.8. The summed E-state index contributed by atoms with van der Waals surface area (Å²) in [7, 11) is 0. The van der Waals surface area contributed by atoms with E-state index in [0.29, 0.717) is 23.1 Å². The summed E-state index contributed by atoms with van der Waals surface area (Å²) in [5.41, 5.74) is 0.909. The Morgan fingerprint density at radius 1 is 1.20 bits per heavy atom. The number of hydrogen-bond acceptors (Lipinski definition) is 5. The number of halogens is 1. The Morgan fingerprint density at radius 2 is 1.96 bits per heavy atom. The quantitative estimate of drug-likeness (QED) is 0.294. The third-order valence-electron chi connectivity index (χ3n) is 3.13. The van der Waals surface area contributed by atoms with Crippen LogP contribution in [0.4, 0.5) is 5.69 Å². The highest BCUT2D eigenvalue weighted by Gasteiger charge is 2.07. The minimum atomic E-state index is -0.417. The lowest BCUT2D eigenvalue weighted by Gasteiger charge is -2.06. The van der Waals surface area contributed by atoms with Crippen molar-refractivity contribution in [2.24, 2.45) is 0 Å². The molecule has 2 rings (SSSR count). The Hall–Kier alpha value is -1.70. The zero-order valence-corrected chi connectivity index (χ0v) is 15.7. The lowest BCUT2D eigenvalue weighted by molar-refractivity contribution is -0.384. The van der Waals surface area contributed by atoms with Crippen molar-refractivity contribution < 1.29 is 9.72 Å². The van der Waals surface area contributed by atoms with Crippen LogP contribution in [-0.4, -0.2) is 28.9 Å². The molecule has 25 heavy (non-hydrogen) atoms. The molecule has 0 radical (unpaired) electrons.